The summed E-state index contributed by atoms with van der Waals surface area (Å²) in [5.41, 5.74) is 1.32. The van der Waals surface area contributed by atoms with Crippen molar-refractivity contribution in [3.8, 4) is 0 Å². The van der Waals surface area contributed by atoms with E-state index < -0.39 is 0 Å². The van der Waals surface area contributed by atoms with Gasteiger partial charge in [0.15, 0.2) is 0 Å². The molecule has 0 amide bonds. The number of hydrogen-bond acceptors (Lipinski definition) is 4. The molecule has 0 saturated heterocycles. The molecule has 1 aromatic rings. The maximum Gasteiger partial charge on any atom is 0.122 e. The molecule has 1 aliphatic rings. The highest BCUT2D eigenvalue weighted by molar-refractivity contribution is 7.98. The largest absolute Gasteiger partial charge is 0.468 e. The minimum Gasteiger partial charge on any atom is -0.468 e. The van der Waals surface area contributed by atoms with Crippen molar-refractivity contribution >= 4 is 11.8 Å². The lowest BCUT2D eigenvalue weighted by Crippen LogP contribution is -2.33. The Kier molecular flexibility index (Phi) is 5.79. The van der Waals surface area contributed by atoms with Crippen LogP contribution in [0.1, 0.15) is 37.5 Å². The lowest BCUT2D eigenvalue weighted by Gasteiger charge is -2.26. The Morgan fingerprint density at radius 2 is 2.32 bits per heavy atom. The van der Waals surface area contributed by atoms with Crippen molar-refractivity contribution in [3.63, 3.8) is 0 Å². The molecule has 0 radical (unpaired) electrons. The van der Waals surface area contributed by atoms with Gasteiger partial charge in [0.05, 0.1) is 12.8 Å². The Labute approximate surface area is 121 Å². The average molecular weight is 282 g/mol. The molecule has 1 saturated carbocycles. The zero-order valence-electron chi connectivity index (χ0n) is 12.3. The molecule has 4 heteroatoms. The molecule has 1 aromatic heterocycles. The molecule has 1 heterocycles. The zero-order valence-corrected chi connectivity index (χ0v) is 13.1. The van der Waals surface area contributed by atoms with Gasteiger partial charge in [0.2, 0.25) is 0 Å². The van der Waals surface area contributed by atoms with Crippen molar-refractivity contribution in [1.29, 1.82) is 0 Å². The van der Waals surface area contributed by atoms with Crippen LogP contribution < -0.4 is 5.32 Å². The number of nitrogens with one attached hydrogen (secondary N) is 1. The minimum atomic E-state index is 0.629. The minimum absolute atomic E-state index is 0.629. The Balaban J connectivity index is 1.87. The first-order chi connectivity index (χ1) is 9.24. The van der Waals surface area contributed by atoms with Crippen LogP contribution in [0.15, 0.2) is 16.7 Å². The molecule has 19 heavy (non-hydrogen) atoms. The van der Waals surface area contributed by atoms with Crippen LogP contribution in [0.25, 0.3) is 0 Å². The monoisotopic (exact) mass is 282 g/mol. The third kappa shape index (κ3) is 4.55. The smallest absolute Gasteiger partial charge is 0.122 e. The van der Waals surface area contributed by atoms with Gasteiger partial charge in [-0.2, -0.15) is 11.8 Å². The SMILES string of the molecule is CCC(CSC)N(C)Cc1occc1CNC1CC1. The first-order valence-electron chi connectivity index (χ1n) is 7.22. The first kappa shape index (κ1) is 14.9. The molecule has 3 nitrogen and oxygen atoms in total. The van der Waals surface area contributed by atoms with Crippen molar-refractivity contribution in [1.82, 2.24) is 10.2 Å². The van der Waals surface area contributed by atoms with Crippen molar-refractivity contribution in [2.75, 3.05) is 19.1 Å². The molecular formula is C15H26N2OS. The quantitative estimate of drug-likeness (QED) is 0.753. The molecule has 108 valence electrons. The highest BCUT2D eigenvalue weighted by Gasteiger charge is 2.21. The van der Waals surface area contributed by atoms with Crippen molar-refractivity contribution in [2.45, 2.75) is 51.4 Å². The maximum absolute atomic E-state index is 5.67. The fourth-order valence-electron chi connectivity index (χ4n) is 2.31. The van der Waals surface area contributed by atoms with Crippen LogP contribution >= 0.6 is 11.8 Å². The lowest BCUT2D eigenvalue weighted by atomic mass is 10.2. The summed E-state index contributed by atoms with van der Waals surface area (Å²) < 4.78 is 5.67. The van der Waals surface area contributed by atoms with Crippen LogP contribution in [-0.2, 0) is 13.1 Å². The Hall–Kier alpha value is -0.450. The van der Waals surface area contributed by atoms with Crippen LogP contribution in [0, 0.1) is 0 Å². The summed E-state index contributed by atoms with van der Waals surface area (Å²) in [5, 5.41) is 3.56. The maximum atomic E-state index is 5.67. The Bertz CT molecular complexity index is 376. The summed E-state index contributed by atoms with van der Waals surface area (Å²) in [4.78, 5) is 2.41. The van der Waals surface area contributed by atoms with Gasteiger partial charge in [-0.25, -0.2) is 0 Å². The Morgan fingerprint density at radius 3 is 2.95 bits per heavy atom. The van der Waals surface area contributed by atoms with Crippen LogP contribution in [-0.4, -0.2) is 36.0 Å². The van der Waals surface area contributed by atoms with E-state index >= 15 is 0 Å². The van der Waals surface area contributed by atoms with Crippen LogP contribution in [0.5, 0.6) is 0 Å². The zero-order chi connectivity index (χ0) is 13.7. The molecule has 0 spiro atoms. The van der Waals surface area contributed by atoms with Gasteiger partial charge >= 0.3 is 0 Å². The van der Waals surface area contributed by atoms with Gasteiger partial charge in [-0.3, -0.25) is 4.90 Å². The van der Waals surface area contributed by atoms with Gasteiger partial charge in [-0.15, -0.1) is 0 Å². The second kappa shape index (κ2) is 7.36. The number of furan rings is 1. The molecule has 1 N–H and O–H groups in total. The fraction of sp³-hybridized carbons (Fsp3) is 0.733. The number of thioether (sulfide) groups is 1. The molecule has 0 bridgehead atoms. The van der Waals surface area contributed by atoms with Gasteiger partial charge in [0.25, 0.3) is 0 Å². The fourth-order valence-corrected chi connectivity index (χ4v) is 3.18. The molecular weight excluding hydrogens is 256 g/mol. The predicted octanol–water partition coefficient (Wildman–Crippen LogP) is 3.11. The van der Waals surface area contributed by atoms with Crippen LogP contribution in [0.4, 0.5) is 0 Å². The molecule has 1 aliphatic carbocycles. The molecule has 1 atom stereocenters. The van der Waals surface area contributed by atoms with Gasteiger partial charge in [0.1, 0.15) is 5.76 Å². The van der Waals surface area contributed by atoms with E-state index in [0.29, 0.717) is 6.04 Å². The molecule has 1 fully saturated rings. The molecule has 0 aliphatic heterocycles. The average Bonchev–Trinajstić information content (AvgIpc) is 3.14. The van der Waals surface area contributed by atoms with Crippen molar-refractivity contribution in [2.24, 2.45) is 0 Å². The van der Waals surface area contributed by atoms with E-state index in [-0.39, 0.29) is 0 Å². The van der Waals surface area contributed by atoms with Crippen LogP contribution in [0.2, 0.25) is 0 Å². The summed E-state index contributed by atoms with van der Waals surface area (Å²) in [6.07, 6.45) is 7.85. The van der Waals surface area contributed by atoms with Crippen LogP contribution in [0.3, 0.4) is 0 Å². The van der Waals surface area contributed by atoms with E-state index in [0.717, 1.165) is 24.9 Å². The van der Waals surface area contributed by atoms with E-state index in [2.05, 4.69) is 36.5 Å². The summed E-state index contributed by atoms with van der Waals surface area (Å²) in [6.45, 7) is 4.12. The lowest BCUT2D eigenvalue weighted by molar-refractivity contribution is 0.227. The summed E-state index contributed by atoms with van der Waals surface area (Å²) in [7, 11) is 2.20. The van der Waals surface area contributed by atoms with Gasteiger partial charge in [-0.05, 0) is 38.6 Å². The highest BCUT2D eigenvalue weighted by atomic mass is 32.2. The second-order valence-electron chi connectivity index (χ2n) is 5.46. The van der Waals surface area contributed by atoms with E-state index in [4.69, 9.17) is 4.42 Å². The molecule has 1 unspecified atom stereocenters. The topological polar surface area (TPSA) is 28.4 Å². The highest BCUT2D eigenvalue weighted by Crippen LogP contribution is 2.21. The second-order valence-corrected chi connectivity index (χ2v) is 6.37. The van der Waals surface area contributed by atoms with E-state index in [9.17, 15) is 0 Å². The van der Waals surface area contributed by atoms with Crippen molar-refractivity contribution < 1.29 is 4.42 Å². The summed E-state index contributed by atoms with van der Waals surface area (Å²) in [6, 6.07) is 3.48. The Morgan fingerprint density at radius 1 is 1.53 bits per heavy atom. The third-order valence-corrected chi connectivity index (χ3v) is 4.56. The normalized spacial score (nSPS) is 17.1. The molecule has 2 rings (SSSR count). The number of rotatable bonds is 9. The standard InChI is InChI=1S/C15H26N2OS/c1-4-14(11-19-3)17(2)10-15-12(7-8-18-15)9-16-13-5-6-13/h7-8,13-14,16H,4-6,9-11H2,1-3H3. The number of nitrogens with zero attached hydrogens (tertiary/aromatic N) is 1. The number of hydrogen-bond donors (Lipinski definition) is 1. The van der Waals surface area contributed by atoms with E-state index in [1.807, 2.05) is 18.0 Å². The first-order valence-corrected chi connectivity index (χ1v) is 8.61. The summed E-state index contributed by atoms with van der Waals surface area (Å²) in [5.74, 6) is 2.30. The third-order valence-electron chi connectivity index (χ3n) is 3.84. The predicted molar refractivity (Wildman–Crippen MR) is 82.5 cm³/mol. The molecule has 0 aromatic carbocycles. The van der Waals surface area contributed by atoms with Crippen molar-refractivity contribution in [3.05, 3.63) is 23.7 Å². The van der Waals surface area contributed by atoms with Gasteiger partial charge in [-0.1, -0.05) is 6.92 Å². The van der Waals surface area contributed by atoms with E-state index in [1.54, 1.807) is 0 Å². The van der Waals surface area contributed by atoms with E-state index in [1.165, 1.54) is 30.6 Å². The van der Waals surface area contributed by atoms with Gasteiger partial charge in [0, 0.05) is 29.9 Å². The summed E-state index contributed by atoms with van der Waals surface area (Å²) >= 11 is 1.92. The van der Waals surface area contributed by atoms with Gasteiger partial charge < -0.3 is 9.73 Å².